The molecule has 164 valence electrons. The first-order chi connectivity index (χ1) is 15.6. The van der Waals surface area contributed by atoms with Crippen LogP contribution < -0.4 is 14.8 Å². The fourth-order valence-corrected chi connectivity index (χ4v) is 3.77. The van der Waals surface area contributed by atoms with E-state index in [0.717, 1.165) is 16.9 Å². The van der Waals surface area contributed by atoms with Gasteiger partial charge in [0.2, 0.25) is 0 Å². The fraction of sp³-hybridized carbons (Fsp3) is 0.200. The lowest BCUT2D eigenvalue weighted by Crippen LogP contribution is -2.29. The number of amides is 1. The van der Waals surface area contributed by atoms with Crippen molar-refractivity contribution in [1.29, 1.82) is 0 Å². The number of halogens is 1. The molecule has 32 heavy (non-hydrogen) atoms. The Bertz CT molecular complexity index is 1240. The number of methoxy groups -OCH3 is 1. The predicted molar refractivity (Wildman–Crippen MR) is 126 cm³/mol. The van der Waals surface area contributed by atoms with Crippen molar-refractivity contribution in [2.24, 2.45) is 0 Å². The van der Waals surface area contributed by atoms with Crippen LogP contribution in [0.15, 0.2) is 72.8 Å². The van der Waals surface area contributed by atoms with Gasteiger partial charge in [0.15, 0.2) is 0 Å². The maximum Gasteiger partial charge on any atom is 0.251 e. The van der Waals surface area contributed by atoms with Crippen molar-refractivity contribution in [1.82, 2.24) is 14.9 Å². The number of benzene rings is 3. The van der Waals surface area contributed by atoms with Gasteiger partial charge in [-0.3, -0.25) is 4.79 Å². The molecule has 1 aromatic heterocycles. The van der Waals surface area contributed by atoms with Crippen molar-refractivity contribution in [2.75, 3.05) is 13.7 Å². The summed E-state index contributed by atoms with van der Waals surface area (Å²) >= 11 is 6.20. The summed E-state index contributed by atoms with van der Waals surface area (Å²) in [6, 6.07) is 22.0. The summed E-state index contributed by atoms with van der Waals surface area (Å²) in [4.78, 5) is 17.6. The Morgan fingerprint density at radius 2 is 1.88 bits per heavy atom. The molecule has 7 heteroatoms. The molecule has 4 aromatic rings. The van der Waals surface area contributed by atoms with Crippen LogP contribution in [0.2, 0.25) is 5.02 Å². The third-order valence-corrected chi connectivity index (χ3v) is 5.47. The van der Waals surface area contributed by atoms with Gasteiger partial charge in [-0.2, -0.15) is 0 Å². The molecule has 0 fully saturated rings. The quantitative estimate of drug-likeness (QED) is 0.398. The van der Waals surface area contributed by atoms with Crippen LogP contribution in [0.1, 0.15) is 29.1 Å². The fourth-order valence-electron chi connectivity index (χ4n) is 3.58. The first-order valence-electron chi connectivity index (χ1n) is 10.3. The molecule has 0 saturated carbocycles. The number of aromatic nitrogens is 2. The van der Waals surface area contributed by atoms with Crippen molar-refractivity contribution in [3.05, 3.63) is 89.2 Å². The number of carbonyl (C=O) groups excluding carboxylic acids is 1. The highest BCUT2D eigenvalue weighted by Gasteiger charge is 2.19. The molecule has 0 bridgehead atoms. The van der Waals surface area contributed by atoms with Gasteiger partial charge >= 0.3 is 0 Å². The first kappa shape index (κ1) is 21.7. The van der Waals surface area contributed by atoms with Gasteiger partial charge in [0.05, 0.1) is 35.8 Å². The Labute approximate surface area is 191 Å². The zero-order valence-electron chi connectivity index (χ0n) is 17.9. The number of para-hydroxylation sites is 3. The number of nitrogens with zero attached hydrogens (tertiary/aromatic N) is 2. The molecule has 0 aliphatic carbocycles. The molecule has 1 amide bonds. The largest absolute Gasteiger partial charge is 0.497 e. The highest BCUT2D eigenvalue weighted by Crippen LogP contribution is 2.25. The number of imidazole rings is 1. The van der Waals surface area contributed by atoms with E-state index in [2.05, 4.69) is 9.88 Å². The van der Waals surface area contributed by atoms with E-state index >= 15 is 0 Å². The zero-order chi connectivity index (χ0) is 22.5. The van der Waals surface area contributed by atoms with Gasteiger partial charge in [-0.1, -0.05) is 41.9 Å². The minimum atomic E-state index is -0.318. The van der Waals surface area contributed by atoms with Crippen molar-refractivity contribution in [3.63, 3.8) is 0 Å². The number of hydrogen-bond donors (Lipinski definition) is 1. The van der Waals surface area contributed by atoms with Gasteiger partial charge in [-0.25, -0.2) is 4.98 Å². The maximum absolute atomic E-state index is 12.8. The lowest BCUT2D eigenvalue weighted by atomic mass is 10.2. The van der Waals surface area contributed by atoms with Gasteiger partial charge in [0, 0.05) is 5.56 Å². The summed E-state index contributed by atoms with van der Waals surface area (Å²) in [6.45, 7) is 2.89. The molecule has 1 unspecified atom stereocenters. The Morgan fingerprint density at radius 3 is 2.69 bits per heavy atom. The van der Waals surface area contributed by atoms with Crippen molar-refractivity contribution < 1.29 is 14.3 Å². The summed E-state index contributed by atoms with van der Waals surface area (Å²) in [5.74, 6) is 1.83. The third kappa shape index (κ3) is 4.70. The number of nitrogens with one attached hydrogen (secondary N) is 1. The van der Waals surface area contributed by atoms with Crippen LogP contribution in [0.4, 0.5) is 0 Å². The maximum atomic E-state index is 12.8. The van der Waals surface area contributed by atoms with Crippen LogP contribution in [-0.4, -0.2) is 29.2 Å². The number of ether oxygens (including phenoxy) is 2. The molecule has 0 aliphatic heterocycles. The van der Waals surface area contributed by atoms with Crippen molar-refractivity contribution >= 4 is 28.5 Å². The van der Waals surface area contributed by atoms with E-state index in [1.54, 1.807) is 37.4 Å². The molecule has 6 nitrogen and oxygen atoms in total. The van der Waals surface area contributed by atoms with E-state index in [1.807, 2.05) is 49.4 Å². The second kappa shape index (κ2) is 9.75. The molecule has 0 saturated heterocycles. The minimum Gasteiger partial charge on any atom is -0.497 e. The molecule has 1 N–H and O–H groups in total. The molecular weight excluding hydrogens is 426 g/mol. The van der Waals surface area contributed by atoms with Crippen LogP contribution >= 0.6 is 11.6 Å². The van der Waals surface area contributed by atoms with Crippen molar-refractivity contribution in [3.8, 4) is 11.5 Å². The monoisotopic (exact) mass is 449 g/mol. The lowest BCUT2D eigenvalue weighted by molar-refractivity contribution is 0.0937. The average Bonchev–Trinajstić information content (AvgIpc) is 3.19. The number of hydrogen-bond acceptors (Lipinski definition) is 4. The Balaban J connectivity index is 1.54. The Kier molecular flexibility index (Phi) is 6.61. The van der Waals surface area contributed by atoms with Gasteiger partial charge in [0.1, 0.15) is 23.9 Å². The number of carbonyl (C=O) groups is 1. The van der Waals surface area contributed by atoms with Gasteiger partial charge in [0.25, 0.3) is 5.91 Å². The second-order valence-corrected chi connectivity index (χ2v) is 7.72. The highest BCUT2D eigenvalue weighted by atomic mass is 35.5. The van der Waals surface area contributed by atoms with Gasteiger partial charge < -0.3 is 19.4 Å². The molecular formula is C25H24ClN3O3. The molecule has 0 radical (unpaired) electrons. The number of rotatable bonds is 8. The molecule has 0 aliphatic rings. The molecule has 4 rings (SSSR count). The predicted octanol–water partition coefficient (Wildman–Crippen LogP) is 5.27. The van der Waals surface area contributed by atoms with E-state index in [-0.39, 0.29) is 11.9 Å². The Hall–Kier alpha value is -3.51. The molecule has 3 aromatic carbocycles. The summed E-state index contributed by atoms with van der Waals surface area (Å²) in [6.07, 6.45) is 0. The van der Waals surface area contributed by atoms with E-state index in [9.17, 15) is 4.79 Å². The SMILES string of the molecule is COc1cccc(C(=O)NC(C)c2nc3ccccc3n2CCOc2ccccc2Cl)c1. The van der Waals surface area contributed by atoms with Crippen LogP contribution in [0, 0.1) is 0 Å². The first-order valence-corrected chi connectivity index (χ1v) is 10.7. The van der Waals surface area contributed by atoms with Crippen LogP contribution in [0.25, 0.3) is 11.0 Å². The van der Waals surface area contributed by atoms with Gasteiger partial charge in [-0.05, 0) is 49.4 Å². The van der Waals surface area contributed by atoms with Crippen LogP contribution in [0.5, 0.6) is 11.5 Å². The van der Waals surface area contributed by atoms with E-state index in [1.165, 1.54) is 0 Å². The minimum absolute atomic E-state index is 0.192. The summed E-state index contributed by atoms with van der Waals surface area (Å²) in [5.41, 5.74) is 2.37. The van der Waals surface area contributed by atoms with E-state index in [0.29, 0.717) is 35.2 Å². The van der Waals surface area contributed by atoms with E-state index in [4.69, 9.17) is 26.1 Å². The highest BCUT2D eigenvalue weighted by molar-refractivity contribution is 6.32. The molecule has 1 atom stereocenters. The second-order valence-electron chi connectivity index (χ2n) is 7.32. The standard InChI is InChI=1S/C25H24ClN3O3/c1-17(27-25(30)18-8-7-9-19(16-18)31-2)24-28-21-11-4-5-12-22(21)29(24)14-15-32-23-13-6-3-10-20(23)26/h3-13,16-17H,14-15H2,1-2H3,(H,27,30). The van der Waals surface area contributed by atoms with Crippen molar-refractivity contribution in [2.45, 2.75) is 19.5 Å². The third-order valence-electron chi connectivity index (χ3n) is 5.16. The topological polar surface area (TPSA) is 65.4 Å². The molecule has 1 heterocycles. The normalized spacial score (nSPS) is 11.8. The zero-order valence-corrected chi connectivity index (χ0v) is 18.7. The van der Waals surface area contributed by atoms with E-state index < -0.39 is 0 Å². The van der Waals surface area contributed by atoms with Crippen LogP contribution in [0.3, 0.4) is 0 Å². The summed E-state index contributed by atoms with van der Waals surface area (Å²) in [7, 11) is 1.58. The summed E-state index contributed by atoms with van der Waals surface area (Å²) < 4.78 is 13.2. The lowest BCUT2D eigenvalue weighted by Gasteiger charge is -2.17. The summed E-state index contributed by atoms with van der Waals surface area (Å²) in [5, 5.41) is 3.61. The van der Waals surface area contributed by atoms with Gasteiger partial charge in [-0.15, -0.1) is 0 Å². The Morgan fingerprint density at radius 1 is 1.09 bits per heavy atom. The van der Waals surface area contributed by atoms with Crippen LogP contribution in [-0.2, 0) is 6.54 Å². The smallest absolute Gasteiger partial charge is 0.251 e. The number of fused-ring (bicyclic) bond motifs is 1. The molecule has 0 spiro atoms. The average molecular weight is 450 g/mol.